The lowest BCUT2D eigenvalue weighted by atomic mass is 10.1. The molecule has 1 N–H and O–H groups in total. The van der Waals surface area contributed by atoms with Gasteiger partial charge in [0.2, 0.25) is 5.88 Å². The third kappa shape index (κ3) is 3.57. The molecule has 0 spiro atoms. The van der Waals surface area contributed by atoms with Gasteiger partial charge < -0.3 is 9.84 Å². The Morgan fingerprint density at radius 3 is 2.67 bits per heavy atom. The van der Waals surface area contributed by atoms with E-state index in [0.29, 0.717) is 41.9 Å². The van der Waals surface area contributed by atoms with Crippen molar-refractivity contribution < 1.29 is 9.84 Å². The van der Waals surface area contributed by atoms with Crippen LogP contribution in [0.2, 0.25) is 5.02 Å². The number of imidazole rings is 1. The number of hydrogen-bond donors (Lipinski definition) is 1. The number of hydrogen-bond acceptors (Lipinski definition) is 4. The Labute approximate surface area is 161 Å². The van der Waals surface area contributed by atoms with E-state index < -0.39 is 0 Å². The largest absolute Gasteiger partial charge is 0.493 e. The molecule has 1 aromatic carbocycles. The Morgan fingerprint density at radius 2 is 1.96 bits per heavy atom. The number of fused-ring (bicyclic) bond motifs is 1. The van der Waals surface area contributed by atoms with Crippen molar-refractivity contribution in [1.29, 1.82) is 0 Å². The third-order valence-electron chi connectivity index (χ3n) is 4.79. The van der Waals surface area contributed by atoms with Gasteiger partial charge in [-0.15, -0.1) is 0 Å². The van der Waals surface area contributed by atoms with Crippen LogP contribution in [0, 0.1) is 0 Å². The molecule has 0 bridgehead atoms. The zero-order valence-electron chi connectivity index (χ0n) is 14.8. The maximum absolute atomic E-state index is 12.6. The van der Waals surface area contributed by atoms with Gasteiger partial charge in [0.15, 0.2) is 0 Å². The summed E-state index contributed by atoms with van der Waals surface area (Å²) in [6, 6.07) is 11.1. The van der Waals surface area contributed by atoms with E-state index in [0.717, 1.165) is 24.8 Å². The SMILES string of the molecule is O=c1n2c(c(O)n1-c1ccc(OCCc3ccc(Cl)cc3)cn1)CCCC2. The van der Waals surface area contributed by atoms with Gasteiger partial charge in [0.25, 0.3) is 0 Å². The summed E-state index contributed by atoms with van der Waals surface area (Å²) in [5, 5.41) is 11.1. The van der Waals surface area contributed by atoms with Crippen molar-refractivity contribution in [3.05, 3.63) is 69.4 Å². The smallest absolute Gasteiger partial charge is 0.337 e. The Hall–Kier alpha value is -2.73. The molecule has 0 saturated carbocycles. The van der Waals surface area contributed by atoms with Crippen LogP contribution in [-0.2, 0) is 19.4 Å². The fourth-order valence-corrected chi connectivity index (χ4v) is 3.48. The number of pyridine rings is 1. The molecule has 0 aliphatic carbocycles. The van der Waals surface area contributed by atoms with Gasteiger partial charge in [-0.25, -0.2) is 14.3 Å². The lowest BCUT2D eigenvalue weighted by Crippen LogP contribution is -2.26. The topological polar surface area (TPSA) is 69.3 Å². The second kappa shape index (κ2) is 7.48. The first-order valence-corrected chi connectivity index (χ1v) is 9.38. The predicted octanol–water partition coefficient (Wildman–Crippen LogP) is 3.35. The number of ether oxygens (including phenoxy) is 1. The summed E-state index contributed by atoms with van der Waals surface area (Å²) >= 11 is 5.88. The Balaban J connectivity index is 1.46. The fourth-order valence-electron chi connectivity index (χ4n) is 3.35. The van der Waals surface area contributed by atoms with Crippen LogP contribution in [0.5, 0.6) is 11.6 Å². The molecule has 0 fully saturated rings. The lowest BCUT2D eigenvalue weighted by molar-refractivity contribution is 0.320. The number of rotatable bonds is 5. The summed E-state index contributed by atoms with van der Waals surface area (Å²) in [7, 11) is 0. The minimum atomic E-state index is -0.244. The van der Waals surface area contributed by atoms with Gasteiger partial charge in [-0.1, -0.05) is 23.7 Å². The van der Waals surface area contributed by atoms with Crippen molar-refractivity contribution in [3.8, 4) is 17.4 Å². The van der Waals surface area contributed by atoms with Crippen LogP contribution in [0.1, 0.15) is 24.1 Å². The summed E-state index contributed by atoms with van der Waals surface area (Å²) in [6.07, 6.45) is 4.96. The molecule has 0 radical (unpaired) electrons. The summed E-state index contributed by atoms with van der Waals surface area (Å²) in [5.41, 5.74) is 1.59. The van der Waals surface area contributed by atoms with Crippen molar-refractivity contribution in [2.75, 3.05) is 6.61 Å². The van der Waals surface area contributed by atoms with Crippen molar-refractivity contribution in [1.82, 2.24) is 14.1 Å². The van der Waals surface area contributed by atoms with Crippen LogP contribution >= 0.6 is 11.6 Å². The van der Waals surface area contributed by atoms with E-state index in [2.05, 4.69) is 4.98 Å². The molecule has 3 heterocycles. The Bertz CT molecular complexity index is 991. The molecule has 7 heteroatoms. The van der Waals surface area contributed by atoms with Crippen LogP contribution in [0.25, 0.3) is 5.82 Å². The molecular formula is C20H20ClN3O3. The maximum Gasteiger partial charge on any atom is 0.337 e. The van der Waals surface area contributed by atoms with E-state index in [4.69, 9.17) is 16.3 Å². The van der Waals surface area contributed by atoms with Crippen molar-refractivity contribution in [2.24, 2.45) is 0 Å². The van der Waals surface area contributed by atoms with Crippen LogP contribution < -0.4 is 10.4 Å². The van der Waals surface area contributed by atoms with Crippen molar-refractivity contribution in [3.63, 3.8) is 0 Å². The minimum absolute atomic E-state index is 0.0105. The van der Waals surface area contributed by atoms with Gasteiger partial charge in [-0.2, -0.15) is 0 Å². The number of aromatic nitrogens is 3. The summed E-state index contributed by atoms with van der Waals surface area (Å²) in [5.74, 6) is 0.997. The monoisotopic (exact) mass is 385 g/mol. The van der Waals surface area contributed by atoms with Gasteiger partial charge in [-0.05, 0) is 49.1 Å². The molecule has 0 atom stereocenters. The second-order valence-electron chi connectivity index (χ2n) is 6.57. The molecule has 6 nitrogen and oxygen atoms in total. The highest BCUT2D eigenvalue weighted by Crippen LogP contribution is 2.25. The normalized spacial score (nSPS) is 13.4. The second-order valence-corrected chi connectivity index (χ2v) is 7.01. The molecule has 1 aliphatic heterocycles. The highest BCUT2D eigenvalue weighted by atomic mass is 35.5. The van der Waals surface area contributed by atoms with Crippen molar-refractivity contribution in [2.45, 2.75) is 32.2 Å². The summed E-state index contributed by atoms with van der Waals surface area (Å²) in [4.78, 5) is 16.9. The van der Waals surface area contributed by atoms with Gasteiger partial charge in [0.05, 0.1) is 18.5 Å². The van der Waals surface area contributed by atoms with E-state index in [-0.39, 0.29) is 11.6 Å². The molecule has 3 aromatic rings. The number of nitrogens with zero attached hydrogens (tertiary/aromatic N) is 3. The maximum atomic E-state index is 12.6. The summed E-state index contributed by atoms with van der Waals surface area (Å²) < 4.78 is 8.62. The Morgan fingerprint density at radius 1 is 1.15 bits per heavy atom. The first-order valence-electron chi connectivity index (χ1n) is 9.00. The zero-order valence-corrected chi connectivity index (χ0v) is 15.5. The molecule has 2 aromatic heterocycles. The lowest BCUT2D eigenvalue weighted by Gasteiger charge is -2.11. The number of benzene rings is 1. The molecule has 140 valence electrons. The van der Waals surface area contributed by atoms with Crippen LogP contribution in [0.15, 0.2) is 47.4 Å². The average Bonchev–Trinajstić information content (AvgIpc) is 2.95. The molecule has 0 amide bonds. The molecule has 1 aliphatic rings. The minimum Gasteiger partial charge on any atom is -0.493 e. The standard InChI is InChI=1S/C20H20ClN3O3/c21-15-6-4-14(5-7-15)10-12-27-16-8-9-18(22-13-16)24-19(25)17-3-1-2-11-23(17)20(24)26/h4-9,13,25H,1-3,10-12H2. The number of aromatic hydroxyl groups is 1. The quantitative estimate of drug-likeness (QED) is 0.731. The highest BCUT2D eigenvalue weighted by Gasteiger charge is 2.23. The van der Waals surface area contributed by atoms with Gasteiger partial charge in [-0.3, -0.25) is 4.57 Å². The Kier molecular flexibility index (Phi) is 4.90. The van der Waals surface area contributed by atoms with Crippen LogP contribution in [-0.4, -0.2) is 25.8 Å². The van der Waals surface area contributed by atoms with Crippen molar-refractivity contribution >= 4 is 11.6 Å². The van der Waals surface area contributed by atoms with Gasteiger partial charge in [0, 0.05) is 18.0 Å². The molecular weight excluding hydrogens is 366 g/mol. The average molecular weight is 386 g/mol. The van der Waals surface area contributed by atoms with E-state index >= 15 is 0 Å². The van der Waals surface area contributed by atoms with E-state index in [1.54, 1.807) is 22.9 Å². The first-order chi connectivity index (χ1) is 13.1. The molecule has 0 unspecified atom stereocenters. The predicted molar refractivity (Wildman–Crippen MR) is 103 cm³/mol. The van der Waals surface area contributed by atoms with E-state index in [9.17, 15) is 9.90 Å². The fraction of sp³-hybridized carbons (Fsp3) is 0.300. The van der Waals surface area contributed by atoms with Gasteiger partial charge in [0.1, 0.15) is 11.6 Å². The third-order valence-corrected chi connectivity index (χ3v) is 5.04. The molecule has 0 saturated heterocycles. The van der Waals surface area contributed by atoms with E-state index in [1.807, 2.05) is 24.3 Å². The van der Waals surface area contributed by atoms with E-state index in [1.165, 1.54) is 4.57 Å². The molecule has 4 rings (SSSR count). The highest BCUT2D eigenvalue weighted by molar-refractivity contribution is 6.30. The first kappa shape index (κ1) is 17.7. The van der Waals surface area contributed by atoms with Gasteiger partial charge >= 0.3 is 5.69 Å². The van der Waals surface area contributed by atoms with Crippen LogP contribution in [0.3, 0.4) is 0 Å². The van der Waals surface area contributed by atoms with Crippen LogP contribution in [0.4, 0.5) is 0 Å². The summed E-state index contributed by atoms with van der Waals surface area (Å²) in [6.45, 7) is 1.15. The molecule has 27 heavy (non-hydrogen) atoms. The number of halogens is 1. The zero-order chi connectivity index (χ0) is 18.8.